The van der Waals surface area contributed by atoms with Gasteiger partial charge in [0, 0.05) is 49.7 Å². The van der Waals surface area contributed by atoms with Gasteiger partial charge >= 0.3 is 6.03 Å². The monoisotopic (exact) mass is 499 g/mol. The maximum Gasteiger partial charge on any atom is 0.318 e. The van der Waals surface area contributed by atoms with E-state index in [0.717, 1.165) is 16.5 Å². The van der Waals surface area contributed by atoms with E-state index < -0.39 is 6.04 Å². The highest BCUT2D eigenvalue weighted by molar-refractivity contribution is 6.06. The molecule has 0 radical (unpaired) electrons. The number of hydrogen-bond donors (Lipinski definition) is 3. The molecule has 190 valence electrons. The molecular weight excluding hydrogens is 470 g/mol. The number of carbonyl (C=O) groups excluding carboxylic acids is 3. The van der Waals surface area contributed by atoms with Gasteiger partial charge in [0.25, 0.3) is 5.91 Å². The van der Waals surface area contributed by atoms with Gasteiger partial charge in [-0.05, 0) is 23.8 Å². The van der Waals surface area contributed by atoms with E-state index in [4.69, 9.17) is 4.42 Å². The zero-order chi connectivity index (χ0) is 25.6. The second-order valence-electron chi connectivity index (χ2n) is 9.02. The number of H-pyrrole nitrogens is 1. The summed E-state index contributed by atoms with van der Waals surface area (Å²) in [5.41, 5.74) is 2.48. The predicted molar refractivity (Wildman–Crippen MR) is 139 cm³/mol. The molecule has 2 aromatic heterocycles. The summed E-state index contributed by atoms with van der Waals surface area (Å²) in [4.78, 5) is 45.8. The van der Waals surface area contributed by atoms with Crippen molar-refractivity contribution in [3.63, 3.8) is 0 Å². The van der Waals surface area contributed by atoms with E-state index in [1.807, 2.05) is 54.6 Å². The number of nitrogens with one attached hydrogen (secondary N) is 3. The quantitative estimate of drug-likeness (QED) is 0.363. The number of piperazine rings is 1. The number of aromatic nitrogens is 1. The van der Waals surface area contributed by atoms with Crippen molar-refractivity contribution in [2.24, 2.45) is 0 Å². The molecule has 0 bridgehead atoms. The average molecular weight is 500 g/mol. The van der Waals surface area contributed by atoms with E-state index in [0.29, 0.717) is 43.9 Å². The number of fused-ring (bicyclic) bond motifs is 1. The molecule has 37 heavy (non-hydrogen) atoms. The Labute approximate surface area is 214 Å². The minimum absolute atomic E-state index is 0.0585. The Morgan fingerprint density at radius 1 is 0.892 bits per heavy atom. The molecule has 9 heteroatoms. The van der Waals surface area contributed by atoms with Crippen molar-refractivity contribution in [1.29, 1.82) is 0 Å². The number of furan rings is 1. The first-order chi connectivity index (χ1) is 18.1. The third kappa shape index (κ3) is 5.66. The minimum Gasteiger partial charge on any atom is -0.467 e. The Morgan fingerprint density at radius 2 is 1.62 bits per heavy atom. The molecule has 4 aromatic rings. The maximum atomic E-state index is 13.1. The Balaban J connectivity index is 1.20. The maximum absolute atomic E-state index is 13.1. The van der Waals surface area contributed by atoms with Crippen LogP contribution < -0.4 is 10.6 Å². The van der Waals surface area contributed by atoms with Gasteiger partial charge in [0.05, 0.1) is 18.4 Å². The molecule has 1 fully saturated rings. The van der Waals surface area contributed by atoms with Gasteiger partial charge in [-0.15, -0.1) is 0 Å². The normalized spacial score (nSPS) is 14.4. The number of nitrogens with zero attached hydrogens (tertiary/aromatic N) is 2. The van der Waals surface area contributed by atoms with Gasteiger partial charge in [0.15, 0.2) is 0 Å². The van der Waals surface area contributed by atoms with Crippen LogP contribution in [0.3, 0.4) is 0 Å². The molecule has 0 aliphatic carbocycles. The van der Waals surface area contributed by atoms with Crippen LogP contribution in [0.5, 0.6) is 0 Å². The van der Waals surface area contributed by atoms with Gasteiger partial charge in [-0.3, -0.25) is 9.59 Å². The van der Waals surface area contributed by atoms with Crippen LogP contribution in [0.4, 0.5) is 4.79 Å². The van der Waals surface area contributed by atoms with Gasteiger partial charge in [0.1, 0.15) is 11.8 Å². The predicted octanol–water partition coefficient (Wildman–Crippen LogP) is 3.16. The van der Waals surface area contributed by atoms with Crippen LogP contribution in [0.1, 0.15) is 21.7 Å². The van der Waals surface area contributed by atoms with Crippen molar-refractivity contribution in [2.75, 3.05) is 26.2 Å². The van der Waals surface area contributed by atoms with E-state index >= 15 is 0 Å². The Kier molecular flexibility index (Phi) is 7.21. The van der Waals surface area contributed by atoms with Crippen LogP contribution in [-0.2, 0) is 17.8 Å². The molecule has 9 nitrogen and oxygen atoms in total. The fraction of sp³-hybridized carbons (Fsp3) is 0.250. The summed E-state index contributed by atoms with van der Waals surface area (Å²) >= 11 is 0. The number of benzene rings is 2. The largest absolute Gasteiger partial charge is 0.467 e. The van der Waals surface area contributed by atoms with Crippen molar-refractivity contribution >= 4 is 28.7 Å². The molecule has 0 spiro atoms. The second kappa shape index (κ2) is 11.0. The molecule has 1 atom stereocenters. The average Bonchev–Trinajstić information content (AvgIpc) is 3.62. The minimum atomic E-state index is -0.754. The van der Waals surface area contributed by atoms with Crippen molar-refractivity contribution in [2.45, 2.75) is 19.0 Å². The van der Waals surface area contributed by atoms with E-state index in [1.54, 1.807) is 34.4 Å². The van der Waals surface area contributed by atoms with Crippen molar-refractivity contribution in [3.05, 3.63) is 96.1 Å². The molecule has 4 amide bonds. The SMILES string of the molecule is O=C(NCc1ccco1)C(Cc1ccccc1)NC(=O)N1CCN(C(=O)c2c[nH]c3ccccc23)CC1. The highest BCUT2D eigenvalue weighted by Gasteiger charge is 2.29. The van der Waals surface area contributed by atoms with E-state index in [2.05, 4.69) is 15.6 Å². The van der Waals surface area contributed by atoms with Gasteiger partial charge in [-0.2, -0.15) is 0 Å². The molecule has 3 heterocycles. The molecule has 0 saturated carbocycles. The van der Waals surface area contributed by atoms with Crippen LogP contribution in [0.25, 0.3) is 10.9 Å². The molecule has 3 N–H and O–H groups in total. The first-order valence-corrected chi connectivity index (χ1v) is 12.3. The summed E-state index contributed by atoms with van der Waals surface area (Å²) in [5, 5.41) is 6.63. The van der Waals surface area contributed by atoms with Gasteiger partial charge in [-0.1, -0.05) is 48.5 Å². The first kappa shape index (κ1) is 24.2. The lowest BCUT2D eigenvalue weighted by atomic mass is 10.1. The number of aromatic amines is 1. The summed E-state index contributed by atoms with van der Waals surface area (Å²) in [7, 11) is 0. The van der Waals surface area contributed by atoms with Crippen LogP contribution in [-0.4, -0.2) is 64.9 Å². The van der Waals surface area contributed by atoms with Crippen LogP contribution in [0, 0.1) is 0 Å². The van der Waals surface area contributed by atoms with Crippen LogP contribution in [0.15, 0.2) is 83.6 Å². The highest BCUT2D eigenvalue weighted by atomic mass is 16.3. The molecular formula is C28H29N5O4. The number of para-hydroxylation sites is 1. The zero-order valence-corrected chi connectivity index (χ0v) is 20.4. The Morgan fingerprint density at radius 3 is 2.38 bits per heavy atom. The lowest BCUT2D eigenvalue weighted by molar-refractivity contribution is -0.123. The van der Waals surface area contributed by atoms with Gasteiger partial charge in [-0.25, -0.2) is 4.79 Å². The van der Waals surface area contributed by atoms with E-state index in [-0.39, 0.29) is 24.4 Å². The Bertz CT molecular complexity index is 1360. The number of rotatable bonds is 7. The standard InChI is InChI=1S/C28H29N5O4/c34-26(30-18-21-9-6-16-37-21)25(17-20-7-2-1-3-8-20)31-28(36)33-14-12-32(13-15-33)27(35)23-19-29-24-11-5-4-10-22(23)24/h1-11,16,19,25,29H,12-15,17-18H2,(H,30,34)(H,31,36). The summed E-state index contributed by atoms with van der Waals surface area (Å²) in [6.45, 7) is 1.83. The molecule has 1 unspecified atom stereocenters. The highest BCUT2D eigenvalue weighted by Crippen LogP contribution is 2.20. The van der Waals surface area contributed by atoms with Gasteiger partial charge < -0.3 is 29.8 Å². The van der Waals surface area contributed by atoms with E-state index in [9.17, 15) is 14.4 Å². The van der Waals surface area contributed by atoms with Crippen molar-refractivity contribution < 1.29 is 18.8 Å². The lowest BCUT2D eigenvalue weighted by Gasteiger charge is -2.35. The summed E-state index contributed by atoms with van der Waals surface area (Å²) < 4.78 is 5.29. The third-order valence-electron chi connectivity index (χ3n) is 6.59. The second-order valence-corrected chi connectivity index (χ2v) is 9.02. The van der Waals surface area contributed by atoms with Crippen LogP contribution >= 0.6 is 0 Å². The number of carbonyl (C=O) groups is 3. The third-order valence-corrected chi connectivity index (χ3v) is 6.59. The smallest absolute Gasteiger partial charge is 0.318 e. The first-order valence-electron chi connectivity index (χ1n) is 12.3. The topological polar surface area (TPSA) is 111 Å². The molecule has 1 aliphatic rings. The molecule has 2 aromatic carbocycles. The van der Waals surface area contributed by atoms with Crippen molar-refractivity contribution in [1.82, 2.24) is 25.4 Å². The number of hydrogen-bond acceptors (Lipinski definition) is 4. The molecule has 1 aliphatic heterocycles. The van der Waals surface area contributed by atoms with E-state index in [1.165, 1.54) is 0 Å². The lowest BCUT2D eigenvalue weighted by Crippen LogP contribution is -2.57. The Hall–Kier alpha value is -4.53. The summed E-state index contributed by atoms with van der Waals surface area (Å²) in [6, 6.07) is 19.7. The zero-order valence-electron chi connectivity index (χ0n) is 20.4. The summed E-state index contributed by atoms with van der Waals surface area (Å²) in [5.74, 6) is 0.285. The van der Waals surface area contributed by atoms with Crippen LogP contribution in [0.2, 0.25) is 0 Å². The fourth-order valence-corrected chi connectivity index (χ4v) is 4.54. The summed E-state index contributed by atoms with van der Waals surface area (Å²) in [6.07, 6.45) is 3.64. The van der Waals surface area contributed by atoms with Crippen molar-refractivity contribution in [3.8, 4) is 0 Å². The van der Waals surface area contributed by atoms with Gasteiger partial charge in [0.2, 0.25) is 5.91 Å². The molecule has 1 saturated heterocycles. The number of amides is 4. The molecule has 5 rings (SSSR count). The number of urea groups is 1. The fourth-order valence-electron chi connectivity index (χ4n) is 4.54.